The molecule has 0 spiro atoms. The van der Waals surface area contributed by atoms with Gasteiger partial charge < -0.3 is 10.3 Å². The zero-order chi connectivity index (χ0) is 8.27. The fraction of sp³-hybridized carbons (Fsp3) is 0.833. The van der Waals surface area contributed by atoms with Crippen molar-refractivity contribution in [3.63, 3.8) is 0 Å². The minimum atomic E-state index is 0. The Hall–Kier alpha value is 0.679. The van der Waals surface area contributed by atoms with Crippen molar-refractivity contribution in [2.75, 3.05) is 33.2 Å². The summed E-state index contributed by atoms with van der Waals surface area (Å²) in [6.45, 7) is 4.20. The van der Waals surface area contributed by atoms with E-state index < -0.39 is 0 Å². The van der Waals surface area contributed by atoms with E-state index in [1.165, 1.54) is 0 Å². The van der Waals surface area contributed by atoms with Crippen LogP contribution < -0.4 is 5.43 Å². The van der Waals surface area contributed by atoms with E-state index in [1.54, 1.807) is 0 Å². The number of hydrogen-bond donors (Lipinski definition) is 2. The number of rotatable bonds is 1. The van der Waals surface area contributed by atoms with Crippen molar-refractivity contribution in [3.8, 4) is 0 Å². The molecule has 1 saturated heterocycles. The SMILES string of the molecule is CN1CCN(NC(=S)S)CC1.[Se]. The Balaban J connectivity index is 0.00000121. The van der Waals surface area contributed by atoms with E-state index in [-0.39, 0.29) is 17.1 Å². The number of hydrogen-bond acceptors (Lipinski definition) is 3. The topological polar surface area (TPSA) is 18.5 Å². The summed E-state index contributed by atoms with van der Waals surface area (Å²) in [6, 6.07) is 0. The molecule has 0 amide bonds. The van der Waals surface area contributed by atoms with E-state index in [0.717, 1.165) is 26.2 Å². The molecule has 1 rings (SSSR count). The summed E-state index contributed by atoms with van der Waals surface area (Å²) in [5.41, 5.74) is 3.00. The van der Waals surface area contributed by atoms with Gasteiger partial charge in [-0.05, 0) is 7.05 Å². The molecule has 0 atom stereocenters. The summed E-state index contributed by atoms with van der Waals surface area (Å²) in [5.74, 6) is 0. The standard InChI is InChI=1S/C6H13N3S2.Se/c1-8-2-4-9(5-3-8)7-6(10)11;/h2-5H2,1H3,(H2,7,10,11);. The minimum absolute atomic E-state index is 0. The van der Waals surface area contributed by atoms with Gasteiger partial charge in [-0.1, -0.05) is 12.2 Å². The van der Waals surface area contributed by atoms with Crippen LogP contribution in [0.5, 0.6) is 0 Å². The van der Waals surface area contributed by atoms with Crippen LogP contribution in [0.4, 0.5) is 0 Å². The summed E-state index contributed by atoms with van der Waals surface area (Å²) >= 11 is 8.80. The molecule has 12 heavy (non-hydrogen) atoms. The van der Waals surface area contributed by atoms with Gasteiger partial charge in [-0.15, -0.1) is 12.6 Å². The maximum Gasteiger partial charge on any atom is 0.145 e. The normalized spacial score (nSPS) is 19.8. The fourth-order valence-corrected chi connectivity index (χ4v) is 1.32. The molecule has 1 aliphatic rings. The Morgan fingerprint density at radius 3 is 2.25 bits per heavy atom. The fourth-order valence-electron chi connectivity index (χ4n) is 1.05. The van der Waals surface area contributed by atoms with Gasteiger partial charge in [-0.2, -0.15) is 0 Å². The van der Waals surface area contributed by atoms with Crippen LogP contribution >= 0.6 is 24.8 Å². The van der Waals surface area contributed by atoms with Crippen LogP contribution in [0.25, 0.3) is 0 Å². The molecule has 0 aromatic heterocycles. The number of thiocarbonyl (C=S) groups is 1. The molecule has 0 aromatic carbocycles. The van der Waals surface area contributed by atoms with Crippen molar-refractivity contribution in [1.82, 2.24) is 15.3 Å². The Morgan fingerprint density at radius 2 is 1.83 bits per heavy atom. The first-order valence-electron chi connectivity index (χ1n) is 3.61. The van der Waals surface area contributed by atoms with E-state index in [1.807, 2.05) is 0 Å². The molecule has 1 N–H and O–H groups in total. The van der Waals surface area contributed by atoms with Crippen molar-refractivity contribution in [2.45, 2.75) is 0 Å². The monoisotopic (exact) mass is 271 g/mol. The Labute approximate surface area is 94.7 Å². The molecule has 0 bridgehead atoms. The molecule has 1 heterocycles. The van der Waals surface area contributed by atoms with Crippen molar-refractivity contribution >= 4 is 46.2 Å². The second kappa shape index (κ2) is 6.18. The minimum Gasteiger partial charge on any atom is -0.304 e. The second-order valence-corrected chi connectivity index (χ2v) is 3.87. The zero-order valence-corrected chi connectivity index (χ0v) is 10.4. The maximum atomic E-state index is 4.80. The molecule has 0 unspecified atom stereocenters. The molecular weight excluding hydrogens is 257 g/mol. The Morgan fingerprint density at radius 1 is 1.33 bits per heavy atom. The molecule has 0 aliphatic carbocycles. The average Bonchev–Trinajstić information content (AvgIpc) is 1.93. The van der Waals surface area contributed by atoms with Crippen LogP contribution in [0.1, 0.15) is 0 Å². The number of likely N-dealkylation sites (N-methyl/N-ethyl adjacent to an activating group) is 1. The molecule has 1 fully saturated rings. The second-order valence-electron chi connectivity index (χ2n) is 2.71. The number of hydrazine groups is 1. The largest absolute Gasteiger partial charge is 0.304 e. The van der Waals surface area contributed by atoms with Gasteiger partial charge in [0.15, 0.2) is 0 Å². The average molecular weight is 270 g/mol. The Kier molecular flexibility index (Phi) is 6.53. The number of thiol groups is 1. The summed E-state index contributed by atoms with van der Waals surface area (Å²) in [6.07, 6.45) is 0. The molecule has 0 saturated carbocycles. The van der Waals surface area contributed by atoms with Crippen LogP contribution in [0.2, 0.25) is 0 Å². The van der Waals surface area contributed by atoms with Gasteiger partial charge in [-0.25, -0.2) is 5.01 Å². The predicted molar refractivity (Wildman–Crippen MR) is 59.5 cm³/mol. The first kappa shape index (κ1) is 12.7. The molecule has 6 heteroatoms. The van der Waals surface area contributed by atoms with Gasteiger partial charge in [0.05, 0.1) is 0 Å². The van der Waals surface area contributed by atoms with Gasteiger partial charge in [-0.3, -0.25) is 0 Å². The van der Waals surface area contributed by atoms with E-state index in [2.05, 4.69) is 35.0 Å². The molecule has 3 nitrogen and oxygen atoms in total. The number of nitrogens with zero attached hydrogens (tertiary/aromatic N) is 2. The molecule has 2 radical (unpaired) electrons. The quantitative estimate of drug-likeness (QED) is 0.382. The molecule has 1 aliphatic heterocycles. The van der Waals surface area contributed by atoms with Gasteiger partial charge >= 0.3 is 0 Å². The smallest absolute Gasteiger partial charge is 0.145 e. The van der Waals surface area contributed by atoms with Gasteiger partial charge in [0.25, 0.3) is 0 Å². The van der Waals surface area contributed by atoms with Crippen LogP contribution in [0.3, 0.4) is 0 Å². The van der Waals surface area contributed by atoms with Crippen molar-refractivity contribution in [2.24, 2.45) is 0 Å². The van der Waals surface area contributed by atoms with E-state index in [9.17, 15) is 0 Å². The first-order valence-corrected chi connectivity index (χ1v) is 4.47. The molecule has 0 aromatic rings. The third-order valence-corrected chi connectivity index (χ3v) is 1.95. The van der Waals surface area contributed by atoms with Gasteiger partial charge in [0, 0.05) is 43.2 Å². The Bertz CT molecular complexity index is 148. The summed E-state index contributed by atoms with van der Waals surface area (Å²) < 4.78 is 0.551. The summed E-state index contributed by atoms with van der Waals surface area (Å²) in [5, 5.41) is 2.09. The summed E-state index contributed by atoms with van der Waals surface area (Å²) in [4.78, 5) is 2.29. The van der Waals surface area contributed by atoms with E-state index in [0.29, 0.717) is 4.32 Å². The number of piperazine rings is 1. The van der Waals surface area contributed by atoms with Crippen molar-refractivity contribution < 1.29 is 0 Å². The third-order valence-electron chi connectivity index (χ3n) is 1.76. The number of nitrogens with one attached hydrogen (secondary N) is 1. The molecular formula is C6H13N3S2Se. The van der Waals surface area contributed by atoms with Crippen LogP contribution in [-0.4, -0.2) is 64.5 Å². The van der Waals surface area contributed by atoms with Gasteiger partial charge in [0.2, 0.25) is 0 Å². The van der Waals surface area contributed by atoms with Crippen LogP contribution in [-0.2, 0) is 0 Å². The van der Waals surface area contributed by atoms with Crippen LogP contribution in [0.15, 0.2) is 0 Å². The third kappa shape index (κ3) is 4.64. The first-order chi connectivity index (χ1) is 5.18. The van der Waals surface area contributed by atoms with E-state index >= 15 is 0 Å². The summed E-state index contributed by atoms with van der Waals surface area (Å²) in [7, 11) is 2.12. The zero-order valence-electron chi connectivity index (χ0n) is 6.99. The van der Waals surface area contributed by atoms with Crippen LogP contribution in [0, 0.1) is 0 Å². The van der Waals surface area contributed by atoms with Crippen molar-refractivity contribution in [1.29, 1.82) is 0 Å². The molecule has 70 valence electrons. The predicted octanol–water partition coefficient (Wildman–Crippen LogP) is -0.428. The van der Waals surface area contributed by atoms with Crippen molar-refractivity contribution in [3.05, 3.63) is 0 Å². The van der Waals surface area contributed by atoms with Gasteiger partial charge in [0.1, 0.15) is 4.32 Å². The van der Waals surface area contributed by atoms with E-state index in [4.69, 9.17) is 12.2 Å². The maximum absolute atomic E-state index is 4.80.